The van der Waals surface area contributed by atoms with E-state index in [0.29, 0.717) is 11.5 Å². The van der Waals surface area contributed by atoms with Crippen molar-refractivity contribution < 1.29 is 28.2 Å². The van der Waals surface area contributed by atoms with Gasteiger partial charge in [-0.2, -0.15) is 0 Å². The normalized spacial score (nSPS) is 19.6. The molecule has 0 bridgehead atoms. The number of hydrogen-bond acceptors (Lipinski definition) is 5. The van der Waals surface area contributed by atoms with Gasteiger partial charge < -0.3 is 25.0 Å². The highest BCUT2D eigenvalue weighted by atomic mass is 32.1. The topological polar surface area (TPSA) is 85.4 Å². The third kappa shape index (κ3) is 4.24. The van der Waals surface area contributed by atoms with E-state index in [2.05, 4.69) is 5.32 Å². The Morgan fingerprint density at radius 3 is 2.43 bits per heavy atom. The summed E-state index contributed by atoms with van der Waals surface area (Å²) in [5, 5.41) is 11.9. The number of cyclic esters (lactones) is 1. The Morgan fingerprint density at radius 2 is 1.89 bits per heavy atom. The van der Waals surface area contributed by atoms with Crippen LogP contribution in [0.4, 0.5) is 29.7 Å². The summed E-state index contributed by atoms with van der Waals surface area (Å²) in [6, 6.07) is 2.17. The Labute approximate surface area is 165 Å². The van der Waals surface area contributed by atoms with Gasteiger partial charge in [0.2, 0.25) is 0 Å². The Kier molecular flexibility index (Phi) is 5.82. The average Bonchev–Trinajstić information content (AvgIpc) is 3.00. The molecule has 2 heterocycles. The molecule has 1 atom stereocenters. The van der Waals surface area contributed by atoms with Gasteiger partial charge in [0.1, 0.15) is 11.8 Å². The molecule has 11 heteroatoms. The second-order valence-electron chi connectivity index (χ2n) is 6.57. The van der Waals surface area contributed by atoms with Crippen molar-refractivity contribution >= 4 is 40.8 Å². The molecule has 152 valence electrons. The first kappa shape index (κ1) is 20.1. The summed E-state index contributed by atoms with van der Waals surface area (Å²) in [6.07, 6.45) is -2.23. The van der Waals surface area contributed by atoms with E-state index in [1.54, 1.807) is 6.92 Å². The molecule has 0 spiro atoms. The fraction of sp³-hybridized carbons (Fsp3) is 0.471. The highest BCUT2D eigenvalue weighted by Gasteiger charge is 2.34. The molecule has 2 aliphatic rings. The van der Waals surface area contributed by atoms with Crippen LogP contribution in [0, 0.1) is 11.6 Å². The zero-order valence-electron chi connectivity index (χ0n) is 15.2. The SMILES string of the molecule is CC(=S)NCC1CN(c2cc(F)c(N3CCN(C(=O)O)CC3)c(F)c2)C(=O)O1. The molecule has 3 rings (SSSR count). The third-order valence-corrected chi connectivity index (χ3v) is 4.78. The smallest absolute Gasteiger partial charge is 0.414 e. The summed E-state index contributed by atoms with van der Waals surface area (Å²) in [6.45, 7) is 2.82. The first-order valence-electron chi connectivity index (χ1n) is 8.70. The van der Waals surface area contributed by atoms with E-state index < -0.39 is 29.9 Å². The zero-order chi connectivity index (χ0) is 20.4. The van der Waals surface area contributed by atoms with Crippen LogP contribution in [0.5, 0.6) is 0 Å². The van der Waals surface area contributed by atoms with Gasteiger partial charge in [0, 0.05) is 38.3 Å². The number of piperazine rings is 1. The number of nitrogens with zero attached hydrogens (tertiary/aromatic N) is 3. The van der Waals surface area contributed by atoms with E-state index in [-0.39, 0.29) is 44.1 Å². The van der Waals surface area contributed by atoms with E-state index in [1.807, 2.05) is 0 Å². The maximum absolute atomic E-state index is 14.7. The zero-order valence-corrected chi connectivity index (χ0v) is 16.0. The van der Waals surface area contributed by atoms with Gasteiger partial charge in [-0.05, 0) is 6.92 Å². The molecule has 2 saturated heterocycles. The minimum Gasteiger partial charge on any atom is -0.465 e. The Morgan fingerprint density at radius 1 is 1.29 bits per heavy atom. The predicted molar refractivity (Wildman–Crippen MR) is 102 cm³/mol. The Bertz CT molecular complexity index is 778. The molecular formula is C17H20F2N4O4S. The summed E-state index contributed by atoms with van der Waals surface area (Å²) >= 11 is 4.91. The van der Waals surface area contributed by atoms with Crippen molar-refractivity contribution in [1.82, 2.24) is 10.2 Å². The number of nitrogens with one attached hydrogen (secondary N) is 1. The number of carbonyl (C=O) groups is 2. The van der Waals surface area contributed by atoms with Gasteiger partial charge >= 0.3 is 12.2 Å². The highest BCUT2D eigenvalue weighted by Crippen LogP contribution is 2.31. The van der Waals surface area contributed by atoms with Crippen LogP contribution in [0.3, 0.4) is 0 Å². The Balaban J connectivity index is 1.73. The van der Waals surface area contributed by atoms with Gasteiger partial charge in [-0.3, -0.25) is 4.90 Å². The number of amides is 2. The van der Waals surface area contributed by atoms with Crippen molar-refractivity contribution in [3.63, 3.8) is 0 Å². The molecule has 28 heavy (non-hydrogen) atoms. The number of carboxylic acid groups (broad SMARTS) is 1. The van der Waals surface area contributed by atoms with Crippen molar-refractivity contribution in [3.05, 3.63) is 23.8 Å². The Hall–Kier alpha value is -2.69. The monoisotopic (exact) mass is 414 g/mol. The van der Waals surface area contributed by atoms with Crippen LogP contribution in [0.25, 0.3) is 0 Å². The average molecular weight is 414 g/mol. The maximum atomic E-state index is 14.7. The molecule has 0 aliphatic carbocycles. The molecule has 2 fully saturated rings. The van der Waals surface area contributed by atoms with Gasteiger partial charge in [-0.25, -0.2) is 18.4 Å². The molecule has 1 aromatic rings. The lowest BCUT2D eigenvalue weighted by atomic mass is 10.2. The molecule has 8 nitrogen and oxygen atoms in total. The molecule has 1 aromatic carbocycles. The number of anilines is 2. The molecule has 2 N–H and O–H groups in total. The van der Waals surface area contributed by atoms with Gasteiger partial charge in [0.05, 0.1) is 23.8 Å². The summed E-state index contributed by atoms with van der Waals surface area (Å²) in [5.41, 5.74) is -0.162. The minimum atomic E-state index is -1.06. The van der Waals surface area contributed by atoms with E-state index >= 15 is 0 Å². The van der Waals surface area contributed by atoms with Crippen LogP contribution in [0.2, 0.25) is 0 Å². The minimum absolute atomic E-state index is 0.0643. The number of hydrogen-bond donors (Lipinski definition) is 2. The molecule has 2 aliphatic heterocycles. The van der Waals surface area contributed by atoms with Crippen molar-refractivity contribution in [2.45, 2.75) is 13.0 Å². The highest BCUT2D eigenvalue weighted by molar-refractivity contribution is 7.80. The van der Waals surface area contributed by atoms with E-state index in [9.17, 15) is 18.4 Å². The molecular weight excluding hydrogens is 394 g/mol. The van der Waals surface area contributed by atoms with Crippen LogP contribution in [-0.4, -0.2) is 72.6 Å². The maximum Gasteiger partial charge on any atom is 0.414 e. The number of carbonyl (C=O) groups excluding carboxylic acids is 1. The summed E-state index contributed by atoms with van der Waals surface area (Å²) in [7, 11) is 0. The fourth-order valence-electron chi connectivity index (χ4n) is 3.23. The van der Waals surface area contributed by atoms with Gasteiger partial charge in [0.15, 0.2) is 11.6 Å². The van der Waals surface area contributed by atoms with Crippen molar-refractivity contribution in [1.29, 1.82) is 0 Å². The lowest BCUT2D eigenvalue weighted by Crippen LogP contribution is -2.48. The molecule has 0 saturated carbocycles. The van der Waals surface area contributed by atoms with E-state index in [4.69, 9.17) is 22.1 Å². The van der Waals surface area contributed by atoms with Crippen LogP contribution in [-0.2, 0) is 4.74 Å². The van der Waals surface area contributed by atoms with Crippen LogP contribution in [0.15, 0.2) is 12.1 Å². The summed E-state index contributed by atoms with van der Waals surface area (Å²) in [5.74, 6) is -1.63. The van der Waals surface area contributed by atoms with Crippen molar-refractivity contribution in [2.24, 2.45) is 0 Å². The molecule has 2 amide bonds. The van der Waals surface area contributed by atoms with Crippen LogP contribution >= 0.6 is 12.2 Å². The van der Waals surface area contributed by atoms with Crippen LogP contribution < -0.4 is 15.1 Å². The number of rotatable bonds is 4. The second kappa shape index (κ2) is 8.13. The molecule has 0 radical (unpaired) electrons. The van der Waals surface area contributed by atoms with Crippen molar-refractivity contribution in [2.75, 3.05) is 49.1 Å². The van der Waals surface area contributed by atoms with E-state index in [0.717, 1.165) is 12.1 Å². The second-order valence-corrected chi connectivity index (χ2v) is 7.18. The lowest BCUT2D eigenvalue weighted by Gasteiger charge is -2.35. The van der Waals surface area contributed by atoms with E-state index in [1.165, 1.54) is 14.7 Å². The summed E-state index contributed by atoms with van der Waals surface area (Å²) in [4.78, 5) is 27.4. The van der Waals surface area contributed by atoms with Crippen LogP contribution in [0.1, 0.15) is 6.92 Å². The fourth-order valence-corrected chi connectivity index (χ4v) is 3.31. The number of ether oxygens (including phenoxy) is 1. The number of thiocarbonyl (C=S) groups is 1. The number of halogens is 2. The lowest BCUT2D eigenvalue weighted by molar-refractivity contribution is 0.141. The first-order chi connectivity index (χ1) is 13.3. The quantitative estimate of drug-likeness (QED) is 0.729. The predicted octanol–water partition coefficient (Wildman–Crippen LogP) is 2.03. The largest absolute Gasteiger partial charge is 0.465 e. The molecule has 0 aromatic heterocycles. The van der Waals surface area contributed by atoms with Gasteiger partial charge in [-0.1, -0.05) is 12.2 Å². The standard InChI is InChI=1S/C17H20F2N4O4S/c1-10(28)20-8-12-9-23(17(26)27-12)11-6-13(18)15(14(19)7-11)21-2-4-22(5-3-21)16(24)25/h6-7,12H,2-5,8-9H2,1H3,(H,20,28)(H,24,25). The van der Waals surface area contributed by atoms with Crippen molar-refractivity contribution in [3.8, 4) is 0 Å². The first-order valence-corrected chi connectivity index (χ1v) is 9.11. The van der Waals surface area contributed by atoms with Gasteiger partial charge in [-0.15, -0.1) is 0 Å². The number of benzene rings is 1. The summed E-state index contributed by atoms with van der Waals surface area (Å²) < 4.78 is 34.5. The third-order valence-electron chi connectivity index (χ3n) is 4.63. The molecule has 1 unspecified atom stereocenters. The van der Waals surface area contributed by atoms with Gasteiger partial charge in [0.25, 0.3) is 0 Å².